The second-order valence-corrected chi connectivity index (χ2v) is 3.98. The molecular formula is C13H8N2O3. The van der Waals surface area contributed by atoms with Crippen LogP contribution in [-0.4, -0.2) is 15.8 Å². The number of hydrogen-bond acceptors (Lipinski definition) is 4. The van der Waals surface area contributed by atoms with Gasteiger partial charge >= 0.3 is 0 Å². The molecule has 0 aromatic heterocycles. The van der Waals surface area contributed by atoms with Crippen molar-refractivity contribution in [2.75, 3.05) is 0 Å². The third kappa shape index (κ3) is 1.31. The SMILES string of the molecule is O=[N+]([O-])c1ccc2c(c1)-c1ccccc1/C2=N\O. The summed E-state index contributed by atoms with van der Waals surface area (Å²) in [4.78, 5) is 10.4. The average Bonchev–Trinajstić information content (AvgIpc) is 2.71. The van der Waals surface area contributed by atoms with Gasteiger partial charge in [0.05, 0.1) is 4.92 Å². The molecule has 0 spiro atoms. The smallest absolute Gasteiger partial charge is 0.270 e. The molecule has 0 heterocycles. The maximum atomic E-state index is 10.8. The Balaban J connectivity index is 2.33. The summed E-state index contributed by atoms with van der Waals surface area (Å²) >= 11 is 0. The molecule has 18 heavy (non-hydrogen) atoms. The minimum atomic E-state index is -0.434. The quantitative estimate of drug-likeness (QED) is 0.403. The van der Waals surface area contributed by atoms with Crippen LogP contribution in [0.5, 0.6) is 0 Å². The summed E-state index contributed by atoms with van der Waals surface area (Å²) in [5, 5.41) is 23.2. The third-order valence-electron chi connectivity index (χ3n) is 3.04. The topological polar surface area (TPSA) is 75.7 Å². The van der Waals surface area contributed by atoms with Crippen LogP contribution in [0.3, 0.4) is 0 Å². The van der Waals surface area contributed by atoms with Crippen LogP contribution in [0.2, 0.25) is 0 Å². The molecule has 88 valence electrons. The van der Waals surface area contributed by atoms with Crippen LogP contribution in [-0.2, 0) is 0 Å². The zero-order valence-corrected chi connectivity index (χ0v) is 9.20. The molecule has 2 aromatic rings. The zero-order chi connectivity index (χ0) is 12.7. The lowest BCUT2D eigenvalue weighted by atomic mass is 10.1. The van der Waals surface area contributed by atoms with E-state index in [0.29, 0.717) is 11.3 Å². The summed E-state index contributed by atoms with van der Waals surface area (Å²) in [6.07, 6.45) is 0. The monoisotopic (exact) mass is 240 g/mol. The minimum absolute atomic E-state index is 0.0303. The second kappa shape index (κ2) is 3.66. The fourth-order valence-corrected chi connectivity index (χ4v) is 2.25. The van der Waals surface area contributed by atoms with Gasteiger partial charge in [0.25, 0.3) is 5.69 Å². The average molecular weight is 240 g/mol. The molecule has 0 atom stereocenters. The molecule has 0 bridgehead atoms. The lowest BCUT2D eigenvalue weighted by Crippen LogP contribution is -1.97. The van der Waals surface area contributed by atoms with Crippen LogP contribution < -0.4 is 0 Å². The molecule has 0 aliphatic heterocycles. The van der Waals surface area contributed by atoms with E-state index in [1.165, 1.54) is 12.1 Å². The summed E-state index contributed by atoms with van der Waals surface area (Å²) in [5.41, 5.74) is 3.56. The van der Waals surface area contributed by atoms with E-state index in [1.807, 2.05) is 24.3 Å². The molecule has 1 aliphatic carbocycles. The third-order valence-corrected chi connectivity index (χ3v) is 3.04. The molecule has 0 fully saturated rings. The lowest BCUT2D eigenvalue weighted by Gasteiger charge is -1.99. The van der Waals surface area contributed by atoms with Gasteiger partial charge in [-0.3, -0.25) is 10.1 Å². The van der Waals surface area contributed by atoms with Crippen molar-refractivity contribution in [2.24, 2.45) is 5.16 Å². The Morgan fingerprint density at radius 1 is 1.00 bits per heavy atom. The molecule has 0 saturated heterocycles. The number of nitro benzene ring substituents is 1. The van der Waals surface area contributed by atoms with E-state index in [4.69, 9.17) is 5.21 Å². The predicted molar refractivity (Wildman–Crippen MR) is 66.0 cm³/mol. The molecule has 0 amide bonds. The van der Waals surface area contributed by atoms with Crippen molar-refractivity contribution >= 4 is 11.4 Å². The van der Waals surface area contributed by atoms with Crippen molar-refractivity contribution in [1.29, 1.82) is 0 Å². The normalized spacial score (nSPS) is 14.3. The van der Waals surface area contributed by atoms with E-state index in [1.54, 1.807) is 6.07 Å². The first-order valence-electron chi connectivity index (χ1n) is 5.33. The Morgan fingerprint density at radius 2 is 1.67 bits per heavy atom. The Morgan fingerprint density at radius 3 is 2.33 bits per heavy atom. The number of rotatable bonds is 1. The fraction of sp³-hybridized carbons (Fsp3) is 0. The first-order chi connectivity index (χ1) is 8.72. The van der Waals surface area contributed by atoms with Gasteiger partial charge in [0.1, 0.15) is 5.71 Å². The number of fused-ring (bicyclic) bond motifs is 3. The maximum absolute atomic E-state index is 10.8. The minimum Gasteiger partial charge on any atom is -0.410 e. The second-order valence-electron chi connectivity index (χ2n) is 3.98. The molecule has 1 aliphatic rings. The van der Waals surface area contributed by atoms with Crippen molar-refractivity contribution in [3.05, 3.63) is 63.7 Å². The number of nitrogens with zero attached hydrogens (tertiary/aromatic N) is 2. The highest BCUT2D eigenvalue weighted by Crippen LogP contribution is 2.38. The Kier molecular flexibility index (Phi) is 2.13. The van der Waals surface area contributed by atoms with Crippen molar-refractivity contribution in [2.45, 2.75) is 0 Å². The summed E-state index contributed by atoms with van der Waals surface area (Å²) in [7, 11) is 0. The van der Waals surface area contributed by atoms with Gasteiger partial charge < -0.3 is 5.21 Å². The highest BCUT2D eigenvalue weighted by molar-refractivity contribution is 6.24. The van der Waals surface area contributed by atoms with E-state index in [-0.39, 0.29) is 5.69 Å². The van der Waals surface area contributed by atoms with Gasteiger partial charge in [-0.2, -0.15) is 0 Å². The Hall–Kier alpha value is -2.69. The molecule has 2 aromatic carbocycles. The van der Waals surface area contributed by atoms with Crippen LogP contribution in [0.15, 0.2) is 47.6 Å². The van der Waals surface area contributed by atoms with Gasteiger partial charge in [-0.1, -0.05) is 29.4 Å². The largest absolute Gasteiger partial charge is 0.410 e. The molecule has 3 rings (SSSR count). The lowest BCUT2D eigenvalue weighted by molar-refractivity contribution is -0.384. The molecular weight excluding hydrogens is 232 g/mol. The van der Waals surface area contributed by atoms with Crippen molar-refractivity contribution in [3.63, 3.8) is 0 Å². The molecule has 0 unspecified atom stereocenters. The standard InChI is InChI=1S/C13H8N2O3/c16-14-13-10-4-2-1-3-9(10)12-7-8(15(17)18)5-6-11(12)13/h1-7,16H/b14-13+. The van der Waals surface area contributed by atoms with Crippen LogP contribution in [0, 0.1) is 10.1 Å². The number of hydrogen-bond donors (Lipinski definition) is 1. The van der Waals surface area contributed by atoms with E-state index < -0.39 is 4.92 Å². The van der Waals surface area contributed by atoms with Crippen LogP contribution in [0.1, 0.15) is 11.1 Å². The van der Waals surface area contributed by atoms with Crippen molar-refractivity contribution in [3.8, 4) is 11.1 Å². The van der Waals surface area contributed by atoms with E-state index in [9.17, 15) is 10.1 Å². The Labute approximate surface area is 102 Å². The molecule has 0 radical (unpaired) electrons. The summed E-state index contributed by atoms with van der Waals surface area (Å²) < 4.78 is 0. The molecule has 0 saturated carbocycles. The first kappa shape index (κ1) is 10.5. The summed E-state index contributed by atoms with van der Waals surface area (Å²) in [6.45, 7) is 0. The number of benzene rings is 2. The van der Waals surface area contributed by atoms with Crippen LogP contribution in [0.25, 0.3) is 11.1 Å². The van der Waals surface area contributed by atoms with Gasteiger partial charge in [-0.25, -0.2) is 0 Å². The fourth-order valence-electron chi connectivity index (χ4n) is 2.25. The molecule has 1 N–H and O–H groups in total. The van der Waals surface area contributed by atoms with Crippen LogP contribution >= 0.6 is 0 Å². The first-order valence-corrected chi connectivity index (χ1v) is 5.33. The number of nitro groups is 1. The predicted octanol–water partition coefficient (Wildman–Crippen LogP) is 2.80. The van der Waals surface area contributed by atoms with E-state index in [0.717, 1.165) is 16.7 Å². The Bertz CT molecular complexity index is 692. The van der Waals surface area contributed by atoms with Gasteiger partial charge in [0, 0.05) is 23.3 Å². The maximum Gasteiger partial charge on any atom is 0.270 e. The van der Waals surface area contributed by atoms with E-state index in [2.05, 4.69) is 5.16 Å². The summed E-state index contributed by atoms with van der Waals surface area (Å²) in [6, 6.07) is 11.9. The highest BCUT2D eigenvalue weighted by Gasteiger charge is 2.26. The molecule has 5 nitrogen and oxygen atoms in total. The number of non-ortho nitro benzene ring substituents is 1. The van der Waals surface area contributed by atoms with Crippen molar-refractivity contribution in [1.82, 2.24) is 0 Å². The van der Waals surface area contributed by atoms with E-state index >= 15 is 0 Å². The van der Waals surface area contributed by atoms with Gasteiger partial charge in [-0.15, -0.1) is 0 Å². The van der Waals surface area contributed by atoms with Gasteiger partial charge in [-0.05, 0) is 17.2 Å². The van der Waals surface area contributed by atoms with Crippen molar-refractivity contribution < 1.29 is 10.1 Å². The van der Waals surface area contributed by atoms with Crippen LogP contribution in [0.4, 0.5) is 5.69 Å². The highest BCUT2D eigenvalue weighted by atomic mass is 16.6. The zero-order valence-electron chi connectivity index (χ0n) is 9.20. The van der Waals surface area contributed by atoms with Gasteiger partial charge in [0.2, 0.25) is 0 Å². The summed E-state index contributed by atoms with van der Waals surface area (Å²) in [5.74, 6) is 0. The van der Waals surface area contributed by atoms with Gasteiger partial charge in [0.15, 0.2) is 0 Å². The number of oxime groups is 1. The molecule has 5 heteroatoms.